The van der Waals surface area contributed by atoms with Gasteiger partial charge in [0.1, 0.15) is 17.1 Å². The fourth-order valence-corrected chi connectivity index (χ4v) is 1.98. The van der Waals surface area contributed by atoms with Gasteiger partial charge in [0.05, 0.1) is 0 Å². The van der Waals surface area contributed by atoms with Crippen LogP contribution in [0.5, 0.6) is 5.75 Å². The van der Waals surface area contributed by atoms with E-state index >= 15 is 0 Å². The molecule has 112 valence electrons. The highest BCUT2D eigenvalue weighted by Gasteiger charge is 2.14. The number of fused-ring (bicyclic) bond motifs is 1. The normalized spacial score (nSPS) is 11.7. The van der Waals surface area contributed by atoms with Crippen molar-refractivity contribution < 1.29 is 13.5 Å². The quantitative estimate of drug-likeness (QED) is 0.685. The second kappa shape index (κ2) is 5.89. The van der Waals surface area contributed by atoms with Crippen molar-refractivity contribution in [2.75, 3.05) is 14.1 Å². The molecule has 0 radical (unpaired) electrons. The van der Waals surface area contributed by atoms with E-state index in [0.29, 0.717) is 28.5 Å². The van der Waals surface area contributed by atoms with Gasteiger partial charge in [-0.15, -0.1) is 0 Å². The van der Waals surface area contributed by atoms with Gasteiger partial charge in [0.25, 0.3) is 5.89 Å². The van der Waals surface area contributed by atoms with Crippen LogP contribution in [0, 0.1) is 5.82 Å². The van der Waals surface area contributed by atoms with E-state index in [1.807, 2.05) is 49.3 Å². The van der Waals surface area contributed by atoms with Crippen LogP contribution in [-0.2, 0) is 0 Å². The summed E-state index contributed by atoms with van der Waals surface area (Å²) in [5, 5.41) is 0. The molecule has 0 aliphatic rings. The molecule has 0 N–H and O–H groups in total. The third-order valence-electron chi connectivity index (χ3n) is 2.91. The molecule has 0 spiro atoms. The van der Waals surface area contributed by atoms with Crippen molar-refractivity contribution >= 4 is 16.9 Å². The monoisotopic (exact) mass is 298 g/mol. The lowest BCUT2D eigenvalue weighted by atomic mass is 10.3. The van der Waals surface area contributed by atoms with Crippen molar-refractivity contribution in [1.82, 2.24) is 9.88 Å². The van der Waals surface area contributed by atoms with Gasteiger partial charge in [0.15, 0.2) is 5.58 Å². The minimum Gasteiger partial charge on any atom is -0.450 e. The van der Waals surface area contributed by atoms with Crippen molar-refractivity contribution in [3.8, 4) is 5.75 Å². The summed E-state index contributed by atoms with van der Waals surface area (Å²) in [5.74, 6) is 1.07. The first-order chi connectivity index (χ1) is 10.6. The highest BCUT2D eigenvalue weighted by atomic mass is 19.1. The van der Waals surface area contributed by atoms with E-state index in [0.717, 1.165) is 0 Å². The van der Waals surface area contributed by atoms with Gasteiger partial charge in [-0.25, -0.2) is 9.37 Å². The Morgan fingerprint density at radius 3 is 2.68 bits per heavy atom. The van der Waals surface area contributed by atoms with Crippen molar-refractivity contribution in [2.24, 2.45) is 0 Å². The molecule has 0 fully saturated rings. The zero-order valence-corrected chi connectivity index (χ0v) is 12.3. The molecule has 0 amide bonds. The van der Waals surface area contributed by atoms with E-state index in [4.69, 9.17) is 9.15 Å². The number of benzene rings is 2. The van der Waals surface area contributed by atoms with Gasteiger partial charge in [-0.1, -0.05) is 18.2 Å². The largest absolute Gasteiger partial charge is 0.450 e. The lowest BCUT2D eigenvalue weighted by Crippen LogP contribution is -2.06. The molecular weight excluding hydrogens is 283 g/mol. The third kappa shape index (κ3) is 3.09. The number of para-hydroxylation sites is 1. The first kappa shape index (κ1) is 14.1. The number of oxazole rings is 1. The summed E-state index contributed by atoms with van der Waals surface area (Å²) >= 11 is 0. The molecule has 22 heavy (non-hydrogen) atoms. The van der Waals surface area contributed by atoms with E-state index in [2.05, 4.69) is 4.98 Å². The minimum absolute atomic E-state index is 0.304. The second-order valence-electron chi connectivity index (χ2n) is 5.00. The topological polar surface area (TPSA) is 38.5 Å². The van der Waals surface area contributed by atoms with Crippen molar-refractivity contribution in [2.45, 2.75) is 0 Å². The summed E-state index contributed by atoms with van der Waals surface area (Å²) in [5.41, 5.74) is 0.967. The third-order valence-corrected chi connectivity index (χ3v) is 2.91. The fourth-order valence-electron chi connectivity index (χ4n) is 1.98. The predicted molar refractivity (Wildman–Crippen MR) is 82.7 cm³/mol. The van der Waals surface area contributed by atoms with Crippen LogP contribution in [0.15, 0.2) is 59.1 Å². The molecule has 0 saturated heterocycles. The number of rotatable bonds is 4. The minimum atomic E-state index is -0.352. The highest BCUT2D eigenvalue weighted by Crippen LogP contribution is 2.24. The zero-order chi connectivity index (χ0) is 15.5. The van der Waals surface area contributed by atoms with Crippen LogP contribution in [0.4, 0.5) is 4.39 Å². The highest BCUT2D eigenvalue weighted by molar-refractivity contribution is 5.75. The Bertz CT molecular complexity index is 810. The molecule has 0 atom stereocenters. The van der Waals surface area contributed by atoms with E-state index in [-0.39, 0.29) is 5.82 Å². The lowest BCUT2D eigenvalue weighted by molar-refractivity contribution is 0.450. The molecular formula is C17H15FN2O2. The van der Waals surface area contributed by atoms with Gasteiger partial charge in [-0.2, -0.15) is 0 Å². The van der Waals surface area contributed by atoms with Crippen molar-refractivity contribution in [3.63, 3.8) is 0 Å². The van der Waals surface area contributed by atoms with Gasteiger partial charge in [-0.3, -0.25) is 0 Å². The van der Waals surface area contributed by atoms with Crippen LogP contribution in [0.3, 0.4) is 0 Å². The molecule has 3 rings (SSSR count). The molecule has 3 aromatic rings. The summed E-state index contributed by atoms with van der Waals surface area (Å²) in [6.07, 6.45) is 1.76. The summed E-state index contributed by atoms with van der Waals surface area (Å²) in [7, 11) is 3.74. The number of aromatic nitrogens is 1. The maximum absolute atomic E-state index is 13.3. The van der Waals surface area contributed by atoms with Crippen LogP contribution < -0.4 is 4.74 Å². The summed E-state index contributed by atoms with van der Waals surface area (Å²) < 4.78 is 24.8. The van der Waals surface area contributed by atoms with Crippen molar-refractivity contribution in [1.29, 1.82) is 0 Å². The van der Waals surface area contributed by atoms with Gasteiger partial charge in [0, 0.05) is 26.4 Å². The Morgan fingerprint density at radius 2 is 1.95 bits per heavy atom. The zero-order valence-electron chi connectivity index (χ0n) is 12.3. The predicted octanol–water partition coefficient (Wildman–Crippen LogP) is 3.91. The van der Waals surface area contributed by atoms with Gasteiger partial charge >= 0.3 is 0 Å². The fraction of sp³-hybridized carbons (Fsp3) is 0.118. The molecule has 0 aliphatic carbocycles. The van der Waals surface area contributed by atoms with Crippen LogP contribution in [0.2, 0.25) is 0 Å². The summed E-state index contributed by atoms with van der Waals surface area (Å²) in [6.45, 7) is 0. The summed E-state index contributed by atoms with van der Waals surface area (Å²) in [6, 6.07) is 13.6. The van der Waals surface area contributed by atoms with E-state index < -0.39 is 0 Å². The number of hydrogen-bond donors (Lipinski definition) is 0. The van der Waals surface area contributed by atoms with Crippen LogP contribution in [0.25, 0.3) is 16.9 Å². The molecule has 1 heterocycles. The number of hydrogen-bond acceptors (Lipinski definition) is 4. The summed E-state index contributed by atoms with van der Waals surface area (Å²) in [4.78, 5) is 6.12. The second-order valence-corrected chi connectivity index (χ2v) is 5.00. The van der Waals surface area contributed by atoms with Crippen molar-refractivity contribution in [3.05, 3.63) is 66.4 Å². The molecule has 0 aliphatic heterocycles. The Labute approximate surface area is 127 Å². The van der Waals surface area contributed by atoms with Crippen LogP contribution >= 0.6 is 0 Å². The molecule has 4 nitrogen and oxygen atoms in total. The Morgan fingerprint density at radius 1 is 1.18 bits per heavy atom. The number of ether oxygens (including phenoxy) is 1. The van der Waals surface area contributed by atoms with E-state index in [9.17, 15) is 4.39 Å². The molecule has 1 aromatic heterocycles. The average molecular weight is 298 g/mol. The molecule has 2 aromatic carbocycles. The lowest BCUT2D eigenvalue weighted by Gasteiger charge is -2.10. The Hall–Kier alpha value is -2.82. The average Bonchev–Trinajstić information content (AvgIpc) is 2.90. The van der Waals surface area contributed by atoms with Gasteiger partial charge in [0.2, 0.25) is 5.76 Å². The number of halogens is 1. The molecule has 5 heteroatoms. The van der Waals surface area contributed by atoms with E-state index in [1.165, 1.54) is 12.1 Å². The molecule has 0 unspecified atom stereocenters. The van der Waals surface area contributed by atoms with Crippen LogP contribution in [0.1, 0.15) is 5.89 Å². The Balaban J connectivity index is 2.00. The van der Waals surface area contributed by atoms with E-state index in [1.54, 1.807) is 12.3 Å². The van der Waals surface area contributed by atoms with Gasteiger partial charge < -0.3 is 14.1 Å². The first-order valence-electron chi connectivity index (χ1n) is 6.79. The van der Waals surface area contributed by atoms with Gasteiger partial charge in [-0.05, 0) is 24.3 Å². The maximum Gasteiger partial charge on any atom is 0.265 e. The Kier molecular flexibility index (Phi) is 3.78. The standard InChI is InChI=1S/C17H15FN2O2/c1-20(2)11-16(21-13-6-4-3-5-7-13)17-19-14-10-12(18)8-9-15(14)22-17/h3-11H,1-2H3/b16-11-. The molecule has 0 saturated carbocycles. The first-order valence-corrected chi connectivity index (χ1v) is 6.79. The maximum atomic E-state index is 13.3. The SMILES string of the molecule is CN(C)/C=C(\Oc1ccccc1)c1nc2cc(F)ccc2o1. The van der Waals surface area contributed by atoms with Crippen LogP contribution in [-0.4, -0.2) is 24.0 Å². The smallest absolute Gasteiger partial charge is 0.265 e. The number of nitrogens with zero attached hydrogens (tertiary/aromatic N) is 2. The molecule has 0 bridgehead atoms.